The molecule has 2 rings (SSSR count). The summed E-state index contributed by atoms with van der Waals surface area (Å²) in [5.74, 6) is 0.162. The summed E-state index contributed by atoms with van der Waals surface area (Å²) in [6.07, 6.45) is 3.42. The predicted octanol–water partition coefficient (Wildman–Crippen LogP) is 0.267. The zero-order valence-corrected chi connectivity index (χ0v) is 10.1. The molecule has 1 saturated heterocycles. The van der Waals surface area contributed by atoms with Crippen LogP contribution in [-0.4, -0.2) is 60.5 Å². The molecule has 0 unspecified atom stereocenters. The van der Waals surface area contributed by atoms with E-state index in [9.17, 15) is 4.79 Å². The van der Waals surface area contributed by atoms with Gasteiger partial charge < -0.3 is 15.1 Å². The number of carbonyl (C=O) groups excluding carboxylic acids is 1. The van der Waals surface area contributed by atoms with Crippen LogP contribution in [0.3, 0.4) is 0 Å². The maximum atomic E-state index is 11.9. The normalized spacial score (nSPS) is 16.9. The van der Waals surface area contributed by atoms with Crippen molar-refractivity contribution in [1.29, 1.82) is 0 Å². The van der Waals surface area contributed by atoms with Crippen LogP contribution in [-0.2, 0) is 4.79 Å². The first kappa shape index (κ1) is 11.9. The minimum absolute atomic E-state index is 0.162. The predicted molar refractivity (Wildman–Crippen MR) is 66.8 cm³/mol. The molecule has 1 fully saturated rings. The van der Waals surface area contributed by atoms with Gasteiger partial charge in [-0.3, -0.25) is 9.78 Å². The Morgan fingerprint density at radius 3 is 2.59 bits per heavy atom. The van der Waals surface area contributed by atoms with Crippen molar-refractivity contribution in [3.63, 3.8) is 0 Å². The van der Waals surface area contributed by atoms with Crippen LogP contribution in [0, 0.1) is 0 Å². The highest BCUT2D eigenvalue weighted by atomic mass is 16.2. The lowest BCUT2D eigenvalue weighted by Crippen LogP contribution is -2.48. The van der Waals surface area contributed by atoms with E-state index in [-0.39, 0.29) is 5.91 Å². The Labute approximate surface area is 101 Å². The highest BCUT2D eigenvalue weighted by molar-refractivity contribution is 5.80. The van der Waals surface area contributed by atoms with E-state index < -0.39 is 0 Å². The molecule has 0 aliphatic carbocycles. The van der Waals surface area contributed by atoms with E-state index in [0.717, 1.165) is 31.9 Å². The number of likely N-dealkylation sites (N-methyl/N-ethyl adjacent to an activating group) is 1. The molecule has 2 heterocycles. The van der Waals surface area contributed by atoms with Crippen LogP contribution in [0.1, 0.15) is 0 Å². The first-order chi connectivity index (χ1) is 8.25. The maximum Gasteiger partial charge on any atom is 0.241 e. The molecule has 5 heteroatoms. The van der Waals surface area contributed by atoms with Gasteiger partial charge in [0.25, 0.3) is 0 Å². The van der Waals surface area contributed by atoms with Gasteiger partial charge in [-0.1, -0.05) is 0 Å². The van der Waals surface area contributed by atoms with E-state index in [1.807, 2.05) is 17.0 Å². The molecule has 0 atom stereocenters. The van der Waals surface area contributed by atoms with Crippen LogP contribution in [0.2, 0.25) is 0 Å². The van der Waals surface area contributed by atoms with Gasteiger partial charge in [0.2, 0.25) is 5.91 Å². The average molecular weight is 234 g/mol. The van der Waals surface area contributed by atoms with E-state index in [1.54, 1.807) is 12.4 Å². The molecule has 1 aromatic rings. The van der Waals surface area contributed by atoms with Gasteiger partial charge in [0.15, 0.2) is 0 Å². The number of piperazine rings is 1. The standard InChI is InChI=1S/C12H18N4O/c1-15-6-8-16(9-7-15)12(17)10-14-11-2-4-13-5-3-11/h2-5H,6-10H2,1H3,(H,13,14). The van der Waals surface area contributed by atoms with Crippen LogP contribution in [0.25, 0.3) is 0 Å². The molecule has 1 amide bonds. The summed E-state index contributed by atoms with van der Waals surface area (Å²) in [6.45, 7) is 3.93. The number of rotatable bonds is 3. The zero-order valence-electron chi connectivity index (χ0n) is 10.1. The van der Waals surface area contributed by atoms with Gasteiger partial charge in [-0.2, -0.15) is 0 Å². The first-order valence-corrected chi connectivity index (χ1v) is 5.86. The number of hydrogen-bond acceptors (Lipinski definition) is 4. The summed E-state index contributed by atoms with van der Waals surface area (Å²) < 4.78 is 0. The number of aromatic nitrogens is 1. The van der Waals surface area contributed by atoms with Crippen LogP contribution in [0.4, 0.5) is 5.69 Å². The fraction of sp³-hybridized carbons (Fsp3) is 0.500. The van der Waals surface area contributed by atoms with E-state index in [0.29, 0.717) is 6.54 Å². The molecule has 17 heavy (non-hydrogen) atoms. The largest absolute Gasteiger partial charge is 0.376 e. The highest BCUT2D eigenvalue weighted by Crippen LogP contribution is 2.04. The lowest BCUT2D eigenvalue weighted by Gasteiger charge is -2.32. The Kier molecular flexibility index (Phi) is 3.93. The fourth-order valence-corrected chi connectivity index (χ4v) is 1.82. The molecule has 1 aliphatic heterocycles. The topological polar surface area (TPSA) is 48.5 Å². The minimum Gasteiger partial charge on any atom is -0.376 e. The van der Waals surface area contributed by atoms with Crippen molar-refractivity contribution >= 4 is 11.6 Å². The van der Waals surface area contributed by atoms with Gasteiger partial charge in [0, 0.05) is 44.3 Å². The average Bonchev–Trinajstić information content (AvgIpc) is 2.38. The third-order valence-electron chi connectivity index (χ3n) is 2.98. The van der Waals surface area contributed by atoms with Gasteiger partial charge in [-0.05, 0) is 19.2 Å². The number of amides is 1. The summed E-state index contributed by atoms with van der Waals surface area (Å²) in [5.41, 5.74) is 0.933. The molecule has 0 aromatic carbocycles. The second kappa shape index (κ2) is 5.63. The zero-order chi connectivity index (χ0) is 12.1. The lowest BCUT2D eigenvalue weighted by atomic mass is 10.3. The van der Waals surface area contributed by atoms with Crippen molar-refractivity contribution in [3.8, 4) is 0 Å². The number of hydrogen-bond donors (Lipinski definition) is 1. The molecule has 1 N–H and O–H groups in total. The van der Waals surface area contributed by atoms with E-state index in [4.69, 9.17) is 0 Å². The summed E-state index contributed by atoms with van der Waals surface area (Å²) in [4.78, 5) is 20.0. The SMILES string of the molecule is CN1CCN(C(=O)CNc2ccncc2)CC1. The van der Waals surface area contributed by atoms with Crippen molar-refractivity contribution in [2.24, 2.45) is 0 Å². The van der Waals surface area contributed by atoms with Crippen molar-refractivity contribution in [3.05, 3.63) is 24.5 Å². The van der Waals surface area contributed by atoms with Gasteiger partial charge in [0.05, 0.1) is 6.54 Å². The summed E-state index contributed by atoms with van der Waals surface area (Å²) in [6, 6.07) is 3.72. The van der Waals surface area contributed by atoms with Gasteiger partial charge in [-0.15, -0.1) is 0 Å². The minimum atomic E-state index is 0.162. The van der Waals surface area contributed by atoms with Crippen molar-refractivity contribution in [1.82, 2.24) is 14.8 Å². The number of nitrogens with zero attached hydrogens (tertiary/aromatic N) is 3. The summed E-state index contributed by atoms with van der Waals surface area (Å²) in [5, 5.41) is 3.11. The second-order valence-electron chi connectivity index (χ2n) is 4.27. The van der Waals surface area contributed by atoms with Crippen LogP contribution in [0.15, 0.2) is 24.5 Å². The Balaban J connectivity index is 1.78. The summed E-state index contributed by atoms with van der Waals surface area (Å²) >= 11 is 0. The molecule has 0 spiro atoms. The smallest absolute Gasteiger partial charge is 0.241 e. The van der Waals surface area contributed by atoms with Gasteiger partial charge >= 0.3 is 0 Å². The first-order valence-electron chi connectivity index (χ1n) is 5.86. The third kappa shape index (κ3) is 3.42. The molecular weight excluding hydrogens is 216 g/mol. The van der Waals surface area contributed by atoms with Crippen LogP contribution in [0.5, 0.6) is 0 Å². The third-order valence-corrected chi connectivity index (χ3v) is 2.98. The Bertz CT molecular complexity index is 360. The van der Waals surface area contributed by atoms with Crippen LogP contribution >= 0.6 is 0 Å². The number of pyridine rings is 1. The fourth-order valence-electron chi connectivity index (χ4n) is 1.82. The second-order valence-corrected chi connectivity index (χ2v) is 4.27. The molecule has 5 nitrogen and oxygen atoms in total. The van der Waals surface area contributed by atoms with E-state index >= 15 is 0 Å². The maximum absolute atomic E-state index is 11.9. The monoisotopic (exact) mass is 234 g/mol. The lowest BCUT2D eigenvalue weighted by molar-refractivity contribution is -0.130. The number of nitrogens with one attached hydrogen (secondary N) is 1. The molecule has 92 valence electrons. The molecule has 1 aliphatic rings. The highest BCUT2D eigenvalue weighted by Gasteiger charge is 2.18. The Hall–Kier alpha value is -1.62. The Morgan fingerprint density at radius 2 is 1.94 bits per heavy atom. The van der Waals surface area contributed by atoms with E-state index in [2.05, 4.69) is 22.2 Å². The quantitative estimate of drug-likeness (QED) is 0.815. The Morgan fingerprint density at radius 1 is 1.29 bits per heavy atom. The summed E-state index contributed by atoms with van der Waals surface area (Å²) in [7, 11) is 2.08. The molecule has 0 saturated carbocycles. The molecule has 0 bridgehead atoms. The van der Waals surface area contributed by atoms with Crippen molar-refractivity contribution < 1.29 is 4.79 Å². The molecular formula is C12H18N4O. The van der Waals surface area contributed by atoms with Gasteiger partial charge in [-0.25, -0.2) is 0 Å². The van der Waals surface area contributed by atoms with E-state index in [1.165, 1.54) is 0 Å². The molecule has 1 aromatic heterocycles. The van der Waals surface area contributed by atoms with Gasteiger partial charge in [0.1, 0.15) is 0 Å². The van der Waals surface area contributed by atoms with Crippen LogP contribution < -0.4 is 5.32 Å². The number of anilines is 1. The molecule has 0 radical (unpaired) electrons. The van der Waals surface area contributed by atoms with Crippen molar-refractivity contribution in [2.75, 3.05) is 45.1 Å². The number of carbonyl (C=O) groups is 1. The van der Waals surface area contributed by atoms with Crippen molar-refractivity contribution in [2.45, 2.75) is 0 Å².